The van der Waals surface area contributed by atoms with Gasteiger partial charge in [-0.1, -0.05) is 18.2 Å². The quantitative estimate of drug-likeness (QED) is 0.877. The predicted molar refractivity (Wildman–Crippen MR) is 80.7 cm³/mol. The lowest BCUT2D eigenvalue weighted by molar-refractivity contribution is 0.0940. The number of amides is 1. The predicted octanol–water partition coefficient (Wildman–Crippen LogP) is 3.00. The molecule has 2 aromatic rings. The summed E-state index contributed by atoms with van der Waals surface area (Å²) >= 11 is 0. The summed E-state index contributed by atoms with van der Waals surface area (Å²) in [5, 5.41) is 6.16. The van der Waals surface area contributed by atoms with E-state index in [1.807, 2.05) is 56.3 Å². The number of nitrogens with one attached hydrogen (secondary N) is 2. The van der Waals surface area contributed by atoms with Crippen LogP contribution in [0.2, 0.25) is 0 Å². The third-order valence-corrected chi connectivity index (χ3v) is 3.02. The number of benzene rings is 1. The number of para-hydroxylation sites is 1. The molecule has 4 heteroatoms. The summed E-state index contributed by atoms with van der Waals surface area (Å²) in [7, 11) is 0. The van der Waals surface area contributed by atoms with Crippen molar-refractivity contribution in [2.45, 2.75) is 19.9 Å². The Balaban J connectivity index is 2.12. The Morgan fingerprint density at radius 2 is 1.95 bits per heavy atom. The first kappa shape index (κ1) is 14.1. The highest BCUT2D eigenvalue weighted by molar-refractivity contribution is 5.99. The number of hydrogen-bond acceptors (Lipinski definition) is 3. The van der Waals surface area contributed by atoms with E-state index in [1.165, 1.54) is 0 Å². The van der Waals surface area contributed by atoms with Gasteiger partial charge in [0, 0.05) is 18.4 Å². The van der Waals surface area contributed by atoms with Crippen molar-refractivity contribution < 1.29 is 4.79 Å². The molecule has 0 aliphatic carbocycles. The van der Waals surface area contributed by atoms with Crippen molar-refractivity contribution in [2.75, 3.05) is 11.9 Å². The van der Waals surface area contributed by atoms with Gasteiger partial charge >= 0.3 is 0 Å². The van der Waals surface area contributed by atoms with Gasteiger partial charge in [0.2, 0.25) is 0 Å². The minimum Gasteiger partial charge on any atom is -0.385 e. The summed E-state index contributed by atoms with van der Waals surface area (Å²) < 4.78 is 0. The van der Waals surface area contributed by atoms with Crippen molar-refractivity contribution in [1.29, 1.82) is 0 Å². The molecule has 0 aliphatic rings. The van der Waals surface area contributed by atoms with Crippen molar-refractivity contribution in [1.82, 2.24) is 10.3 Å². The minimum atomic E-state index is -0.126. The first-order chi connectivity index (χ1) is 9.72. The maximum atomic E-state index is 12.3. The van der Waals surface area contributed by atoms with Gasteiger partial charge in [0.05, 0.1) is 17.3 Å². The molecule has 0 spiro atoms. The van der Waals surface area contributed by atoms with Crippen LogP contribution >= 0.6 is 0 Å². The van der Waals surface area contributed by atoms with Crippen LogP contribution in [0.15, 0.2) is 48.7 Å². The molecule has 1 amide bonds. The van der Waals surface area contributed by atoms with Crippen LogP contribution in [-0.4, -0.2) is 17.4 Å². The Morgan fingerprint density at radius 3 is 2.65 bits per heavy atom. The molecule has 4 nitrogen and oxygen atoms in total. The van der Waals surface area contributed by atoms with E-state index >= 15 is 0 Å². The fraction of sp³-hybridized carbons (Fsp3) is 0.250. The maximum Gasteiger partial charge on any atom is 0.253 e. The highest BCUT2D eigenvalue weighted by Crippen LogP contribution is 2.16. The van der Waals surface area contributed by atoms with E-state index in [4.69, 9.17) is 0 Å². The van der Waals surface area contributed by atoms with Gasteiger partial charge in [-0.15, -0.1) is 0 Å². The van der Waals surface area contributed by atoms with Crippen LogP contribution in [0, 0.1) is 0 Å². The van der Waals surface area contributed by atoms with E-state index in [1.54, 1.807) is 6.20 Å². The van der Waals surface area contributed by atoms with E-state index in [0.717, 1.165) is 17.9 Å². The molecule has 0 bridgehead atoms. The van der Waals surface area contributed by atoms with Crippen molar-refractivity contribution in [3.05, 3.63) is 59.9 Å². The smallest absolute Gasteiger partial charge is 0.253 e. The second-order valence-electron chi connectivity index (χ2n) is 4.53. The molecular formula is C16H19N3O. The Kier molecular flexibility index (Phi) is 4.71. The fourth-order valence-corrected chi connectivity index (χ4v) is 2.01. The van der Waals surface area contributed by atoms with Gasteiger partial charge in [0.15, 0.2) is 0 Å². The molecule has 2 rings (SSSR count). The lowest BCUT2D eigenvalue weighted by atomic mass is 10.1. The highest BCUT2D eigenvalue weighted by atomic mass is 16.1. The van der Waals surface area contributed by atoms with Gasteiger partial charge in [0.1, 0.15) is 0 Å². The summed E-state index contributed by atoms with van der Waals surface area (Å²) in [5.41, 5.74) is 2.35. The van der Waals surface area contributed by atoms with Gasteiger partial charge in [-0.3, -0.25) is 9.78 Å². The molecule has 0 saturated heterocycles. The number of pyridine rings is 1. The van der Waals surface area contributed by atoms with Gasteiger partial charge in [-0.05, 0) is 38.1 Å². The largest absolute Gasteiger partial charge is 0.385 e. The third kappa shape index (κ3) is 3.35. The number of anilines is 1. The first-order valence-corrected chi connectivity index (χ1v) is 6.77. The molecule has 104 valence electrons. The fourth-order valence-electron chi connectivity index (χ4n) is 2.01. The van der Waals surface area contributed by atoms with Crippen LogP contribution in [0.5, 0.6) is 0 Å². The van der Waals surface area contributed by atoms with Gasteiger partial charge in [-0.2, -0.15) is 0 Å². The third-order valence-electron chi connectivity index (χ3n) is 3.02. The van der Waals surface area contributed by atoms with Crippen LogP contribution in [0.25, 0.3) is 0 Å². The second-order valence-corrected chi connectivity index (χ2v) is 4.53. The SMILES string of the molecule is CCNc1ccccc1C(=O)NC(C)c1ccccn1. The normalized spacial score (nSPS) is 11.7. The van der Waals surface area contributed by atoms with Crippen molar-refractivity contribution >= 4 is 11.6 Å². The van der Waals surface area contributed by atoms with Crippen molar-refractivity contribution in [3.63, 3.8) is 0 Å². The van der Waals surface area contributed by atoms with E-state index in [-0.39, 0.29) is 11.9 Å². The molecular weight excluding hydrogens is 250 g/mol. The van der Waals surface area contributed by atoms with Crippen LogP contribution in [-0.2, 0) is 0 Å². The monoisotopic (exact) mass is 269 g/mol. The molecule has 1 heterocycles. The van der Waals surface area contributed by atoms with E-state index < -0.39 is 0 Å². The molecule has 0 aliphatic heterocycles. The zero-order valence-electron chi connectivity index (χ0n) is 11.8. The number of aromatic nitrogens is 1. The van der Waals surface area contributed by atoms with Crippen LogP contribution < -0.4 is 10.6 Å². The molecule has 1 unspecified atom stereocenters. The number of nitrogens with zero attached hydrogens (tertiary/aromatic N) is 1. The lowest BCUT2D eigenvalue weighted by Gasteiger charge is -2.15. The first-order valence-electron chi connectivity index (χ1n) is 6.77. The zero-order chi connectivity index (χ0) is 14.4. The topological polar surface area (TPSA) is 54.0 Å². The Bertz CT molecular complexity index is 569. The summed E-state index contributed by atoms with van der Waals surface area (Å²) in [6, 6.07) is 13.1. The van der Waals surface area contributed by atoms with Crippen molar-refractivity contribution in [3.8, 4) is 0 Å². The number of carbonyl (C=O) groups is 1. The lowest BCUT2D eigenvalue weighted by Crippen LogP contribution is -2.27. The van der Waals surface area contributed by atoms with Crippen LogP contribution in [0.1, 0.15) is 35.9 Å². The zero-order valence-corrected chi connectivity index (χ0v) is 11.8. The molecule has 0 saturated carbocycles. The summed E-state index contributed by atoms with van der Waals surface area (Å²) in [5.74, 6) is -0.0975. The average molecular weight is 269 g/mol. The molecule has 2 N–H and O–H groups in total. The molecule has 20 heavy (non-hydrogen) atoms. The van der Waals surface area contributed by atoms with E-state index in [0.29, 0.717) is 5.56 Å². The Morgan fingerprint density at radius 1 is 1.20 bits per heavy atom. The van der Waals surface area contributed by atoms with Crippen LogP contribution in [0.3, 0.4) is 0 Å². The van der Waals surface area contributed by atoms with E-state index in [2.05, 4.69) is 15.6 Å². The maximum absolute atomic E-state index is 12.3. The molecule has 1 aromatic carbocycles. The highest BCUT2D eigenvalue weighted by Gasteiger charge is 2.14. The minimum absolute atomic E-state index is 0.0975. The number of rotatable bonds is 5. The number of carbonyl (C=O) groups excluding carboxylic acids is 1. The van der Waals surface area contributed by atoms with E-state index in [9.17, 15) is 4.79 Å². The molecule has 0 fully saturated rings. The molecule has 0 radical (unpaired) electrons. The van der Waals surface area contributed by atoms with Crippen molar-refractivity contribution in [2.24, 2.45) is 0 Å². The molecule has 1 aromatic heterocycles. The van der Waals surface area contributed by atoms with Gasteiger partial charge in [-0.25, -0.2) is 0 Å². The Hall–Kier alpha value is -2.36. The standard InChI is InChI=1S/C16H19N3O/c1-3-17-15-10-5-4-8-13(15)16(20)19-12(2)14-9-6-7-11-18-14/h4-12,17H,3H2,1-2H3,(H,19,20). The average Bonchev–Trinajstić information content (AvgIpc) is 2.49. The summed E-state index contributed by atoms with van der Waals surface area (Å²) in [4.78, 5) is 16.6. The summed E-state index contributed by atoms with van der Waals surface area (Å²) in [6.07, 6.45) is 1.73. The Labute approximate surface area is 119 Å². The van der Waals surface area contributed by atoms with Gasteiger partial charge < -0.3 is 10.6 Å². The molecule has 1 atom stereocenters. The van der Waals surface area contributed by atoms with Gasteiger partial charge in [0.25, 0.3) is 5.91 Å². The summed E-state index contributed by atoms with van der Waals surface area (Å²) in [6.45, 7) is 4.71. The number of hydrogen-bond donors (Lipinski definition) is 2. The van der Waals surface area contributed by atoms with Crippen LogP contribution in [0.4, 0.5) is 5.69 Å². The second kappa shape index (κ2) is 6.70.